The molecule has 0 spiro atoms. The first kappa shape index (κ1) is 11.0. The molecule has 4 nitrogen and oxygen atoms in total. The lowest BCUT2D eigenvalue weighted by Gasteiger charge is -2.04. The van der Waals surface area contributed by atoms with E-state index in [0.29, 0.717) is 0 Å². The minimum atomic E-state index is -4.19. The molecule has 3 N–H and O–H groups in total. The van der Waals surface area contributed by atoms with E-state index in [1.54, 1.807) is 12.1 Å². The van der Waals surface area contributed by atoms with Crippen molar-refractivity contribution in [3.63, 3.8) is 0 Å². The number of nitrogen functional groups attached to an aromatic ring is 1. The first-order valence-electron chi connectivity index (χ1n) is 4.31. The maximum atomic E-state index is 10.8. The molecular formula is C9H13NO3S. The third-order valence-corrected chi connectivity index (χ3v) is 2.82. The van der Waals surface area contributed by atoms with Gasteiger partial charge in [-0.2, -0.15) is 8.42 Å². The number of hydrogen-bond donors (Lipinski definition) is 2. The van der Waals surface area contributed by atoms with Crippen molar-refractivity contribution < 1.29 is 13.0 Å². The van der Waals surface area contributed by atoms with Crippen molar-refractivity contribution >= 4 is 15.8 Å². The summed E-state index contributed by atoms with van der Waals surface area (Å²) >= 11 is 0. The van der Waals surface area contributed by atoms with Gasteiger partial charge < -0.3 is 5.73 Å². The number of hydrogen-bond acceptors (Lipinski definition) is 3. The molecule has 0 aliphatic rings. The lowest BCUT2D eigenvalue weighted by molar-refractivity contribution is 0.483. The summed E-state index contributed by atoms with van der Waals surface area (Å²) in [5.74, 6) is 0. The highest BCUT2D eigenvalue weighted by atomic mass is 32.2. The van der Waals surface area contributed by atoms with Gasteiger partial charge in [0.15, 0.2) is 0 Å². The molecule has 0 saturated heterocycles. The Morgan fingerprint density at radius 2 is 2.07 bits per heavy atom. The van der Waals surface area contributed by atoms with Crippen LogP contribution in [-0.2, 0) is 16.5 Å². The van der Waals surface area contributed by atoms with E-state index >= 15 is 0 Å². The van der Waals surface area contributed by atoms with Gasteiger partial charge in [-0.3, -0.25) is 4.55 Å². The fraction of sp³-hybridized carbons (Fsp3) is 0.333. The summed E-state index contributed by atoms with van der Waals surface area (Å²) in [6.45, 7) is 2.02. The molecule has 0 bridgehead atoms. The van der Waals surface area contributed by atoms with Crippen LogP contribution in [0, 0.1) is 0 Å². The molecule has 0 saturated carbocycles. The van der Waals surface area contributed by atoms with Crippen LogP contribution in [0.2, 0.25) is 0 Å². The monoisotopic (exact) mass is 215 g/mol. The topological polar surface area (TPSA) is 80.4 Å². The minimum absolute atomic E-state index is 0.0958. The molecule has 0 fully saturated rings. The number of aryl methyl sites for hydroxylation is 1. The molecule has 5 heteroatoms. The van der Waals surface area contributed by atoms with E-state index in [-0.39, 0.29) is 10.6 Å². The zero-order chi connectivity index (χ0) is 10.8. The summed E-state index contributed by atoms with van der Waals surface area (Å²) in [6.07, 6.45) is 1.81. The van der Waals surface area contributed by atoms with Crippen molar-refractivity contribution in [1.82, 2.24) is 0 Å². The zero-order valence-corrected chi connectivity index (χ0v) is 8.71. The number of nitrogens with two attached hydrogens (primary N) is 1. The van der Waals surface area contributed by atoms with Gasteiger partial charge in [0.25, 0.3) is 10.1 Å². The number of benzene rings is 1. The molecular weight excluding hydrogens is 202 g/mol. The highest BCUT2D eigenvalue weighted by molar-refractivity contribution is 7.86. The maximum Gasteiger partial charge on any atom is 0.296 e. The van der Waals surface area contributed by atoms with E-state index in [9.17, 15) is 8.42 Å². The Bertz CT molecular complexity index is 426. The van der Waals surface area contributed by atoms with Gasteiger partial charge in [0, 0.05) is 0 Å². The SMILES string of the molecule is CCCc1ccc(S(=O)(=O)O)c(N)c1. The van der Waals surface area contributed by atoms with Gasteiger partial charge in [-0.1, -0.05) is 19.4 Å². The Morgan fingerprint density at radius 1 is 1.43 bits per heavy atom. The number of anilines is 1. The Morgan fingerprint density at radius 3 is 2.50 bits per heavy atom. The molecule has 1 aromatic rings. The van der Waals surface area contributed by atoms with Crippen molar-refractivity contribution in [2.24, 2.45) is 0 Å². The molecule has 1 rings (SSSR count). The third-order valence-electron chi connectivity index (χ3n) is 1.89. The summed E-state index contributed by atoms with van der Waals surface area (Å²) in [5, 5.41) is 0. The predicted molar refractivity (Wildman–Crippen MR) is 54.7 cm³/mol. The maximum absolute atomic E-state index is 10.8. The van der Waals surface area contributed by atoms with Crippen LogP contribution >= 0.6 is 0 Å². The second-order valence-corrected chi connectivity index (χ2v) is 4.49. The Hall–Kier alpha value is -1.07. The van der Waals surface area contributed by atoms with Crippen molar-refractivity contribution in [2.75, 3.05) is 5.73 Å². The van der Waals surface area contributed by atoms with Gasteiger partial charge in [0.2, 0.25) is 0 Å². The molecule has 0 atom stereocenters. The Labute approximate surface area is 83.5 Å². The molecule has 0 aliphatic heterocycles. The molecule has 0 heterocycles. The average molecular weight is 215 g/mol. The van der Waals surface area contributed by atoms with Gasteiger partial charge >= 0.3 is 0 Å². The van der Waals surface area contributed by atoms with E-state index in [0.717, 1.165) is 18.4 Å². The molecule has 0 amide bonds. The molecule has 14 heavy (non-hydrogen) atoms. The van der Waals surface area contributed by atoms with Crippen molar-refractivity contribution in [3.05, 3.63) is 23.8 Å². The van der Waals surface area contributed by atoms with Crippen molar-refractivity contribution in [1.29, 1.82) is 0 Å². The van der Waals surface area contributed by atoms with Gasteiger partial charge in [0.05, 0.1) is 5.69 Å². The van der Waals surface area contributed by atoms with Gasteiger partial charge in [-0.25, -0.2) is 0 Å². The van der Waals surface area contributed by atoms with Gasteiger partial charge in [-0.15, -0.1) is 0 Å². The summed E-state index contributed by atoms with van der Waals surface area (Å²) in [7, 11) is -4.19. The fourth-order valence-corrected chi connectivity index (χ4v) is 1.87. The standard InChI is InChI=1S/C9H13NO3S/c1-2-3-7-4-5-9(8(10)6-7)14(11,12)13/h4-6H,2-3,10H2,1H3,(H,11,12,13). The van der Waals surface area contributed by atoms with Crippen molar-refractivity contribution in [3.8, 4) is 0 Å². The Balaban J connectivity index is 3.15. The van der Waals surface area contributed by atoms with Crippen LogP contribution in [-0.4, -0.2) is 13.0 Å². The second kappa shape index (κ2) is 3.98. The van der Waals surface area contributed by atoms with E-state index in [1.807, 2.05) is 6.92 Å². The second-order valence-electron chi connectivity index (χ2n) is 3.10. The first-order chi connectivity index (χ1) is 6.45. The highest BCUT2D eigenvalue weighted by Gasteiger charge is 2.13. The summed E-state index contributed by atoms with van der Waals surface area (Å²) in [6, 6.07) is 4.56. The van der Waals surface area contributed by atoms with Crippen LogP contribution in [0.15, 0.2) is 23.1 Å². The summed E-state index contributed by atoms with van der Waals surface area (Å²) in [4.78, 5) is -0.225. The van der Waals surface area contributed by atoms with Crippen LogP contribution < -0.4 is 5.73 Å². The molecule has 1 aromatic carbocycles. The summed E-state index contributed by atoms with van der Waals surface area (Å²) in [5.41, 5.74) is 6.56. The lowest BCUT2D eigenvalue weighted by Crippen LogP contribution is -2.03. The Kier molecular flexibility index (Phi) is 3.13. The molecule has 0 aromatic heterocycles. The average Bonchev–Trinajstić information content (AvgIpc) is 2.02. The third kappa shape index (κ3) is 2.46. The molecule has 0 radical (unpaired) electrons. The normalized spacial score (nSPS) is 11.6. The van der Waals surface area contributed by atoms with Crippen LogP contribution in [0.3, 0.4) is 0 Å². The van der Waals surface area contributed by atoms with Crippen LogP contribution in [0.25, 0.3) is 0 Å². The molecule has 78 valence electrons. The highest BCUT2D eigenvalue weighted by Crippen LogP contribution is 2.19. The van der Waals surface area contributed by atoms with Crippen LogP contribution in [0.1, 0.15) is 18.9 Å². The van der Waals surface area contributed by atoms with Gasteiger partial charge in [-0.05, 0) is 24.1 Å². The minimum Gasteiger partial charge on any atom is -0.398 e. The van der Waals surface area contributed by atoms with E-state index in [1.165, 1.54) is 6.07 Å². The quantitative estimate of drug-likeness (QED) is 0.591. The zero-order valence-electron chi connectivity index (χ0n) is 7.90. The fourth-order valence-electron chi connectivity index (χ4n) is 1.28. The summed E-state index contributed by atoms with van der Waals surface area (Å²) < 4.78 is 30.4. The molecule has 0 aliphatic carbocycles. The number of rotatable bonds is 3. The van der Waals surface area contributed by atoms with Crippen LogP contribution in [0.4, 0.5) is 5.69 Å². The van der Waals surface area contributed by atoms with E-state index < -0.39 is 10.1 Å². The van der Waals surface area contributed by atoms with Gasteiger partial charge in [0.1, 0.15) is 4.90 Å². The van der Waals surface area contributed by atoms with Crippen LogP contribution in [0.5, 0.6) is 0 Å². The lowest BCUT2D eigenvalue weighted by atomic mass is 10.1. The largest absolute Gasteiger partial charge is 0.398 e. The van der Waals surface area contributed by atoms with Crippen molar-refractivity contribution in [2.45, 2.75) is 24.7 Å². The molecule has 0 unspecified atom stereocenters. The van der Waals surface area contributed by atoms with E-state index in [4.69, 9.17) is 10.3 Å². The predicted octanol–water partition coefficient (Wildman–Crippen LogP) is 1.47. The smallest absolute Gasteiger partial charge is 0.296 e. The van der Waals surface area contributed by atoms with E-state index in [2.05, 4.69) is 0 Å². The first-order valence-corrected chi connectivity index (χ1v) is 5.75.